The summed E-state index contributed by atoms with van der Waals surface area (Å²) in [5, 5.41) is 0. The molecule has 8 heteroatoms. The van der Waals surface area contributed by atoms with Crippen LogP contribution in [0.1, 0.15) is 17.6 Å². The van der Waals surface area contributed by atoms with Crippen molar-refractivity contribution in [2.24, 2.45) is 0 Å². The van der Waals surface area contributed by atoms with E-state index in [1.54, 1.807) is 0 Å². The summed E-state index contributed by atoms with van der Waals surface area (Å²) in [6.45, 7) is 0. The molecular weight excluding hydrogens is 287 g/mol. The van der Waals surface area contributed by atoms with Crippen molar-refractivity contribution in [3.8, 4) is 0 Å². The minimum absolute atomic E-state index is 0.293. The third-order valence-corrected chi connectivity index (χ3v) is 2.44. The van der Waals surface area contributed by atoms with Crippen LogP contribution in [0.4, 0.5) is 27.8 Å². The van der Waals surface area contributed by atoms with Crippen molar-refractivity contribution in [1.82, 2.24) is 4.98 Å². The molecule has 1 heterocycles. The number of nitrogens with two attached hydrogens (primary N) is 1. The number of hydrogen-bond acceptors (Lipinski definition) is 2. The van der Waals surface area contributed by atoms with Crippen molar-refractivity contribution in [1.29, 1.82) is 0 Å². The number of aromatic nitrogens is 1. The molecule has 0 aromatic carbocycles. The predicted octanol–water partition coefficient (Wildman–Crippen LogP) is 3.38. The molecule has 2 nitrogen and oxygen atoms in total. The molecule has 0 aliphatic rings. The first kappa shape index (κ1) is 12.2. The van der Waals surface area contributed by atoms with Crippen molar-refractivity contribution in [3.05, 3.63) is 21.8 Å². The van der Waals surface area contributed by atoms with Gasteiger partial charge in [-0.2, -0.15) is 13.2 Å². The second-order valence-corrected chi connectivity index (χ2v) is 3.38. The van der Waals surface area contributed by atoms with E-state index in [1.807, 2.05) is 0 Å². The summed E-state index contributed by atoms with van der Waals surface area (Å²) in [5.41, 5.74) is 2.44. The van der Waals surface area contributed by atoms with Crippen molar-refractivity contribution >= 4 is 21.7 Å². The Hall–Kier alpha value is -0.920. The van der Waals surface area contributed by atoms with Gasteiger partial charge in [0.05, 0.1) is 10.0 Å². The smallest absolute Gasteiger partial charge is 0.383 e. The minimum atomic E-state index is -4.88. The van der Waals surface area contributed by atoms with Gasteiger partial charge in [-0.1, -0.05) is 0 Å². The van der Waals surface area contributed by atoms with E-state index >= 15 is 0 Å². The van der Waals surface area contributed by atoms with Gasteiger partial charge in [0, 0.05) is 11.8 Å². The summed E-state index contributed by atoms with van der Waals surface area (Å²) in [5.74, 6) is -0.404. The van der Waals surface area contributed by atoms with Crippen LogP contribution >= 0.6 is 15.9 Å². The molecule has 0 radical (unpaired) electrons. The van der Waals surface area contributed by atoms with E-state index in [9.17, 15) is 22.0 Å². The van der Waals surface area contributed by atoms with Gasteiger partial charge in [0.15, 0.2) is 0 Å². The van der Waals surface area contributed by atoms with E-state index < -0.39 is 34.0 Å². The van der Waals surface area contributed by atoms with Crippen LogP contribution in [0.5, 0.6) is 0 Å². The van der Waals surface area contributed by atoms with Crippen LogP contribution in [-0.4, -0.2) is 4.98 Å². The Bertz CT molecular complexity index is 376. The predicted molar refractivity (Wildman–Crippen MR) is 46.3 cm³/mol. The Labute approximate surface area is 89.4 Å². The Balaban J connectivity index is 3.47. The molecule has 1 rings (SSSR count). The minimum Gasteiger partial charge on any atom is -0.383 e. The molecule has 0 bridgehead atoms. The molecule has 0 aliphatic carbocycles. The maximum atomic E-state index is 12.4. The summed E-state index contributed by atoms with van der Waals surface area (Å²) in [6, 6.07) is 0. The van der Waals surface area contributed by atoms with Gasteiger partial charge < -0.3 is 5.73 Å². The fourth-order valence-electron chi connectivity index (χ4n) is 0.956. The Morgan fingerprint density at radius 1 is 1.33 bits per heavy atom. The van der Waals surface area contributed by atoms with Crippen LogP contribution in [0.25, 0.3) is 0 Å². The van der Waals surface area contributed by atoms with Crippen molar-refractivity contribution < 1.29 is 22.0 Å². The standard InChI is InChI=1S/C7H4BrF5N2/c8-4-3(5(9)10)2(7(11,12)13)1-15-6(4)14/h1,5H,(H2,14,15). The topological polar surface area (TPSA) is 38.9 Å². The molecule has 0 fully saturated rings. The van der Waals surface area contributed by atoms with E-state index in [1.165, 1.54) is 0 Å². The van der Waals surface area contributed by atoms with Gasteiger partial charge in [0.1, 0.15) is 5.82 Å². The van der Waals surface area contributed by atoms with Gasteiger partial charge in [-0.15, -0.1) is 0 Å². The lowest BCUT2D eigenvalue weighted by molar-refractivity contribution is -0.139. The number of alkyl halides is 5. The first-order valence-electron chi connectivity index (χ1n) is 3.54. The lowest BCUT2D eigenvalue weighted by Gasteiger charge is -2.14. The highest BCUT2D eigenvalue weighted by Gasteiger charge is 2.37. The molecule has 15 heavy (non-hydrogen) atoms. The average Bonchev–Trinajstić information content (AvgIpc) is 2.06. The van der Waals surface area contributed by atoms with Crippen molar-refractivity contribution in [2.45, 2.75) is 12.6 Å². The number of nitrogens with zero attached hydrogens (tertiary/aromatic N) is 1. The zero-order valence-corrected chi connectivity index (χ0v) is 8.53. The Morgan fingerprint density at radius 3 is 2.27 bits per heavy atom. The monoisotopic (exact) mass is 290 g/mol. The second kappa shape index (κ2) is 3.92. The third-order valence-electron chi connectivity index (χ3n) is 1.61. The first-order chi connectivity index (χ1) is 6.75. The zero-order chi connectivity index (χ0) is 11.8. The quantitative estimate of drug-likeness (QED) is 0.805. The van der Waals surface area contributed by atoms with Crippen molar-refractivity contribution in [3.63, 3.8) is 0 Å². The maximum absolute atomic E-state index is 12.4. The molecule has 84 valence electrons. The van der Waals surface area contributed by atoms with Gasteiger partial charge in [-0.3, -0.25) is 0 Å². The average molecular weight is 291 g/mol. The summed E-state index contributed by atoms with van der Waals surface area (Å²) in [4.78, 5) is 3.17. The lowest BCUT2D eigenvalue weighted by Crippen LogP contribution is -2.12. The highest BCUT2D eigenvalue weighted by molar-refractivity contribution is 9.10. The fraction of sp³-hybridized carbons (Fsp3) is 0.286. The normalized spacial score (nSPS) is 12.2. The highest BCUT2D eigenvalue weighted by Crippen LogP contribution is 2.40. The fourth-order valence-corrected chi connectivity index (χ4v) is 1.44. The number of hydrogen-bond donors (Lipinski definition) is 1. The molecule has 0 saturated heterocycles. The molecule has 0 amide bonds. The number of nitrogen functional groups attached to an aromatic ring is 1. The molecule has 0 atom stereocenters. The summed E-state index contributed by atoms with van der Waals surface area (Å²) in [7, 11) is 0. The lowest BCUT2D eigenvalue weighted by atomic mass is 10.1. The third kappa shape index (κ3) is 2.36. The van der Waals surface area contributed by atoms with Crippen LogP contribution in [0.15, 0.2) is 10.7 Å². The highest BCUT2D eigenvalue weighted by atomic mass is 79.9. The Kier molecular flexibility index (Phi) is 3.17. The first-order valence-corrected chi connectivity index (χ1v) is 4.33. The van der Waals surface area contributed by atoms with Crippen LogP contribution in [0.2, 0.25) is 0 Å². The number of pyridine rings is 1. The van der Waals surface area contributed by atoms with Crippen LogP contribution in [-0.2, 0) is 6.18 Å². The van der Waals surface area contributed by atoms with Gasteiger partial charge in [0.2, 0.25) is 0 Å². The Morgan fingerprint density at radius 2 is 1.87 bits per heavy atom. The molecule has 1 aromatic heterocycles. The largest absolute Gasteiger partial charge is 0.418 e. The molecule has 0 unspecified atom stereocenters. The van der Waals surface area contributed by atoms with Gasteiger partial charge in [0.25, 0.3) is 6.43 Å². The van der Waals surface area contributed by atoms with Gasteiger partial charge in [-0.05, 0) is 15.9 Å². The zero-order valence-electron chi connectivity index (χ0n) is 6.95. The molecule has 0 saturated carbocycles. The van der Waals surface area contributed by atoms with E-state index in [-0.39, 0.29) is 0 Å². The summed E-state index contributed by atoms with van der Waals surface area (Å²) < 4.78 is 61.1. The van der Waals surface area contributed by atoms with E-state index in [0.29, 0.717) is 6.20 Å². The van der Waals surface area contributed by atoms with Crippen LogP contribution in [0, 0.1) is 0 Å². The SMILES string of the molecule is Nc1ncc(C(F)(F)F)c(C(F)F)c1Br. The number of halogens is 6. The maximum Gasteiger partial charge on any atom is 0.418 e. The summed E-state index contributed by atoms with van der Waals surface area (Å²) >= 11 is 2.56. The molecular formula is C7H4BrF5N2. The van der Waals surface area contributed by atoms with E-state index in [2.05, 4.69) is 20.9 Å². The van der Waals surface area contributed by atoms with Crippen LogP contribution < -0.4 is 5.73 Å². The molecule has 0 spiro atoms. The van der Waals surface area contributed by atoms with E-state index in [4.69, 9.17) is 5.73 Å². The number of anilines is 1. The second-order valence-electron chi connectivity index (χ2n) is 2.58. The van der Waals surface area contributed by atoms with E-state index in [0.717, 1.165) is 0 Å². The summed E-state index contributed by atoms with van der Waals surface area (Å²) in [6.07, 6.45) is -7.86. The van der Waals surface area contributed by atoms with Crippen molar-refractivity contribution in [2.75, 3.05) is 5.73 Å². The molecule has 0 aliphatic heterocycles. The van der Waals surface area contributed by atoms with Gasteiger partial charge in [-0.25, -0.2) is 13.8 Å². The molecule has 2 N–H and O–H groups in total. The van der Waals surface area contributed by atoms with Gasteiger partial charge >= 0.3 is 6.18 Å². The molecule has 1 aromatic rings. The number of rotatable bonds is 1. The van der Waals surface area contributed by atoms with Crippen LogP contribution in [0.3, 0.4) is 0 Å².